The van der Waals surface area contributed by atoms with E-state index in [0.717, 1.165) is 6.54 Å². The van der Waals surface area contributed by atoms with Gasteiger partial charge in [0.1, 0.15) is 0 Å². The molecule has 0 aromatic rings. The third-order valence-corrected chi connectivity index (χ3v) is 3.29. The minimum atomic E-state index is -0.728. The molecule has 1 heterocycles. The lowest BCUT2D eigenvalue weighted by atomic mass is 9.99. The predicted octanol–water partition coefficient (Wildman–Crippen LogP) is 1.20. The van der Waals surface area contributed by atoms with Crippen LogP contribution in [0.2, 0.25) is 0 Å². The van der Waals surface area contributed by atoms with Crippen LogP contribution in [0.1, 0.15) is 27.7 Å². The largest absolute Gasteiger partial charge is 0.481 e. The molecule has 0 aliphatic carbocycles. The van der Waals surface area contributed by atoms with Gasteiger partial charge >= 0.3 is 5.97 Å². The highest BCUT2D eigenvalue weighted by Crippen LogP contribution is 2.19. The highest BCUT2D eigenvalue weighted by atomic mass is 16.5. The Labute approximate surface area is 91.2 Å². The number of aliphatic carboxylic acids is 1. The van der Waals surface area contributed by atoms with E-state index in [0.29, 0.717) is 12.6 Å². The van der Waals surface area contributed by atoms with Gasteiger partial charge in [-0.05, 0) is 20.8 Å². The van der Waals surface area contributed by atoms with E-state index in [-0.39, 0.29) is 18.1 Å². The summed E-state index contributed by atoms with van der Waals surface area (Å²) in [5.74, 6) is -1.06. The second-order valence-corrected chi connectivity index (χ2v) is 4.56. The molecule has 0 radical (unpaired) electrons. The maximum Gasteiger partial charge on any atom is 0.307 e. The maximum absolute atomic E-state index is 10.9. The van der Waals surface area contributed by atoms with Crippen LogP contribution in [0.5, 0.6) is 0 Å². The number of morpholine rings is 1. The van der Waals surface area contributed by atoms with Gasteiger partial charge in [0.15, 0.2) is 0 Å². The standard InChI is InChI=1S/C11H21NO3/c1-7-6-15-8(2)5-12(7)10(4)9(3)11(13)14/h7-10H,5-6H2,1-4H3,(H,13,14). The highest BCUT2D eigenvalue weighted by Gasteiger charge is 2.32. The summed E-state index contributed by atoms with van der Waals surface area (Å²) in [4.78, 5) is 13.1. The minimum absolute atomic E-state index is 0.0591. The number of carboxylic acids is 1. The lowest BCUT2D eigenvalue weighted by Crippen LogP contribution is -2.53. The number of hydrogen-bond donors (Lipinski definition) is 1. The molecular weight excluding hydrogens is 194 g/mol. The fourth-order valence-corrected chi connectivity index (χ4v) is 1.99. The summed E-state index contributed by atoms with van der Waals surface area (Å²) < 4.78 is 5.52. The Hall–Kier alpha value is -0.610. The monoisotopic (exact) mass is 215 g/mol. The molecule has 4 unspecified atom stereocenters. The molecular formula is C11H21NO3. The molecule has 0 spiro atoms. The summed E-state index contributed by atoms with van der Waals surface area (Å²) in [5.41, 5.74) is 0. The summed E-state index contributed by atoms with van der Waals surface area (Å²) in [6.45, 7) is 9.36. The Morgan fingerprint density at radius 1 is 1.47 bits per heavy atom. The molecule has 0 saturated carbocycles. The lowest BCUT2D eigenvalue weighted by Gasteiger charge is -2.41. The van der Waals surface area contributed by atoms with Gasteiger partial charge in [-0.1, -0.05) is 6.92 Å². The number of carbonyl (C=O) groups is 1. The van der Waals surface area contributed by atoms with Crippen molar-refractivity contribution in [1.82, 2.24) is 4.90 Å². The Morgan fingerprint density at radius 2 is 2.07 bits per heavy atom. The molecule has 1 rings (SSSR count). The first-order chi connectivity index (χ1) is 6.93. The van der Waals surface area contributed by atoms with Crippen molar-refractivity contribution in [3.05, 3.63) is 0 Å². The molecule has 1 aliphatic heterocycles. The zero-order valence-electron chi connectivity index (χ0n) is 9.93. The zero-order valence-corrected chi connectivity index (χ0v) is 9.93. The molecule has 4 nitrogen and oxygen atoms in total. The van der Waals surface area contributed by atoms with Crippen LogP contribution in [0.3, 0.4) is 0 Å². The molecule has 88 valence electrons. The Kier molecular flexibility index (Phi) is 4.11. The van der Waals surface area contributed by atoms with E-state index in [1.165, 1.54) is 0 Å². The van der Waals surface area contributed by atoms with Crippen molar-refractivity contribution in [2.75, 3.05) is 13.2 Å². The molecule has 0 aromatic heterocycles. The van der Waals surface area contributed by atoms with Crippen molar-refractivity contribution in [2.24, 2.45) is 5.92 Å². The van der Waals surface area contributed by atoms with E-state index in [1.54, 1.807) is 6.92 Å². The number of ether oxygens (including phenoxy) is 1. The van der Waals surface area contributed by atoms with Crippen molar-refractivity contribution in [2.45, 2.75) is 45.9 Å². The molecule has 15 heavy (non-hydrogen) atoms. The predicted molar refractivity (Wildman–Crippen MR) is 57.8 cm³/mol. The van der Waals surface area contributed by atoms with Gasteiger partial charge < -0.3 is 9.84 Å². The molecule has 0 amide bonds. The Balaban J connectivity index is 2.63. The van der Waals surface area contributed by atoms with Crippen molar-refractivity contribution in [3.63, 3.8) is 0 Å². The zero-order chi connectivity index (χ0) is 11.6. The lowest BCUT2D eigenvalue weighted by molar-refractivity contribution is -0.145. The van der Waals surface area contributed by atoms with Gasteiger partial charge in [0, 0.05) is 18.6 Å². The van der Waals surface area contributed by atoms with Gasteiger partial charge in [0.2, 0.25) is 0 Å². The van der Waals surface area contributed by atoms with Gasteiger partial charge in [-0.15, -0.1) is 0 Å². The van der Waals surface area contributed by atoms with Crippen molar-refractivity contribution in [1.29, 1.82) is 0 Å². The fourth-order valence-electron chi connectivity index (χ4n) is 1.99. The van der Waals surface area contributed by atoms with E-state index >= 15 is 0 Å². The van der Waals surface area contributed by atoms with Gasteiger partial charge in [-0.25, -0.2) is 0 Å². The van der Waals surface area contributed by atoms with Crippen LogP contribution in [0.25, 0.3) is 0 Å². The van der Waals surface area contributed by atoms with Crippen LogP contribution in [0.4, 0.5) is 0 Å². The number of nitrogens with zero attached hydrogens (tertiary/aromatic N) is 1. The molecule has 4 heteroatoms. The highest BCUT2D eigenvalue weighted by molar-refractivity contribution is 5.70. The molecule has 1 aliphatic rings. The van der Waals surface area contributed by atoms with Crippen molar-refractivity contribution >= 4 is 5.97 Å². The Morgan fingerprint density at radius 3 is 2.60 bits per heavy atom. The van der Waals surface area contributed by atoms with Gasteiger partial charge in [0.25, 0.3) is 0 Å². The van der Waals surface area contributed by atoms with Crippen LogP contribution < -0.4 is 0 Å². The molecule has 4 atom stereocenters. The van der Waals surface area contributed by atoms with E-state index < -0.39 is 5.97 Å². The first-order valence-corrected chi connectivity index (χ1v) is 5.53. The minimum Gasteiger partial charge on any atom is -0.481 e. The quantitative estimate of drug-likeness (QED) is 0.768. The first kappa shape index (κ1) is 12.5. The first-order valence-electron chi connectivity index (χ1n) is 5.53. The van der Waals surface area contributed by atoms with Crippen molar-refractivity contribution < 1.29 is 14.6 Å². The number of rotatable bonds is 3. The second-order valence-electron chi connectivity index (χ2n) is 4.56. The van der Waals surface area contributed by atoms with Crippen LogP contribution in [-0.2, 0) is 9.53 Å². The average Bonchev–Trinajstić information content (AvgIpc) is 2.19. The summed E-state index contributed by atoms with van der Waals surface area (Å²) >= 11 is 0. The molecule has 1 saturated heterocycles. The van der Waals surface area contributed by atoms with Gasteiger partial charge in [-0.2, -0.15) is 0 Å². The Bertz CT molecular complexity index is 232. The van der Waals surface area contributed by atoms with E-state index in [9.17, 15) is 4.79 Å². The average molecular weight is 215 g/mol. The van der Waals surface area contributed by atoms with E-state index in [2.05, 4.69) is 11.8 Å². The number of hydrogen-bond acceptors (Lipinski definition) is 3. The van der Waals surface area contributed by atoms with Crippen LogP contribution in [0.15, 0.2) is 0 Å². The van der Waals surface area contributed by atoms with Crippen LogP contribution >= 0.6 is 0 Å². The summed E-state index contributed by atoms with van der Waals surface area (Å²) in [6, 6.07) is 0.363. The third kappa shape index (κ3) is 2.92. The van der Waals surface area contributed by atoms with Crippen molar-refractivity contribution in [3.8, 4) is 0 Å². The van der Waals surface area contributed by atoms with Crippen LogP contribution in [0, 0.1) is 5.92 Å². The van der Waals surface area contributed by atoms with Gasteiger partial charge in [0.05, 0.1) is 18.6 Å². The number of carboxylic acid groups (broad SMARTS) is 1. The SMILES string of the molecule is CC1CN(C(C)C(C)C(=O)O)C(C)CO1. The van der Waals surface area contributed by atoms with Gasteiger partial charge in [-0.3, -0.25) is 9.69 Å². The maximum atomic E-state index is 10.9. The normalized spacial score (nSPS) is 32.3. The van der Waals surface area contributed by atoms with E-state index in [1.807, 2.05) is 13.8 Å². The fraction of sp³-hybridized carbons (Fsp3) is 0.909. The summed E-state index contributed by atoms with van der Waals surface area (Å²) in [5, 5.41) is 8.98. The summed E-state index contributed by atoms with van der Waals surface area (Å²) in [6.07, 6.45) is 0.199. The third-order valence-electron chi connectivity index (χ3n) is 3.29. The topological polar surface area (TPSA) is 49.8 Å². The second kappa shape index (κ2) is 4.94. The summed E-state index contributed by atoms with van der Waals surface area (Å²) in [7, 11) is 0. The molecule has 1 N–H and O–H groups in total. The smallest absolute Gasteiger partial charge is 0.307 e. The molecule has 0 bridgehead atoms. The van der Waals surface area contributed by atoms with E-state index in [4.69, 9.17) is 9.84 Å². The molecule has 0 aromatic carbocycles. The van der Waals surface area contributed by atoms with Crippen LogP contribution in [-0.4, -0.2) is 47.3 Å². The molecule has 1 fully saturated rings.